The van der Waals surface area contributed by atoms with E-state index in [1.54, 1.807) is 47.6 Å². The number of aromatic nitrogens is 4. The molecule has 0 spiro atoms. The minimum absolute atomic E-state index is 0.0723. The molecule has 0 radical (unpaired) electrons. The number of benzene rings is 1. The van der Waals surface area contributed by atoms with Crippen LogP contribution >= 0.6 is 0 Å². The van der Waals surface area contributed by atoms with Crippen LogP contribution < -0.4 is 4.74 Å². The monoisotopic (exact) mass is 395 g/mol. The van der Waals surface area contributed by atoms with Crippen molar-refractivity contribution in [3.8, 4) is 28.6 Å². The SMILES string of the molecule is CN1[C@@H]2CC[C@H]1[C@H](F)[C@H](Oc1ccc(-c3ccc(-n4ccnc4)cc3O)nn1)C2. The molecule has 2 aliphatic rings. The van der Waals surface area contributed by atoms with Gasteiger partial charge >= 0.3 is 0 Å². The number of aromatic hydroxyl groups is 1. The van der Waals surface area contributed by atoms with Crippen molar-refractivity contribution in [2.45, 2.75) is 43.6 Å². The zero-order chi connectivity index (χ0) is 20.0. The Morgan fingerprint density at radius 1 is 1.17 bits per heavy atom. The number of imidazole rings is 1. The van der Waals surface area contributed by atoms with E-state index >= 15 is 0 Å². The second-order valence-electron chi connectivity index (χ2n) is 7.73. The van der Waals surface area contributed by atoms with Gasteiger partial charge in [-0.25, -0.2) is 9.37 Å². The molecule has 5 rings (SSSR count). The lowest BCUT2D eigenvalue weighted by Gasteiger charge is -2.38. The van der Waals surface area contributed by atoms with E-state index in [2.05, 4.69) is 20.1 Å². The van der Waals surface area contributed by atoms with E-state index in [1.807, 2.05) is 13.1 Å². The summed E-state index contributed by atoms with van der Waals surface area (Å²) in [5.41, 5.74) is 1.88. The van der Waals surface area contributed by atoms with Crippen LogP contribution in [0.2, 0.25) is 0 Å². The molecule has 2 aromatic heterocycles. The maximum Gasteiger partial charge on any atom is 0.233 e. The van der Waals surface area contributed by atoms with Crippen LogP contribution in [-0.2, 0) is 0 Å². The van der Waals surface area contributed by atoms with Gasteiger partial charge in [-0.3, -0.25) is 4.90 Å². The van der Waals surface area contributed by atoms with Crippen molar-refractivity contribution in [2.75, 3.05) is 7.05 Å². The Kier molecular flexibility index (Phi) is 4.43. The number of hydrogen-bond acceptors (Lipinski definition) is 6. The lowest BCUT2D eigenvalue weighted by molar-refractivity contribution is -0.0134. The second-order valence-corrected chi connectivity index (χ2v) is 7.73. The van der Waals surface area contributed by atoms with E-state index in [0.717, 1.165) is 18.5 Å². The number of piperidine rings is 1. The Bertz CT molecular complexity index is 995. The summed E-state index contributed by atoms with van der Waals surface area (Å²) in [5, 5.41) is 18.7. The van der Waals surface area contributed by atoms with Crippen molar-refractivity contribution in [1.82, 2.24) is 24.6 Å². The summed E-state index contributed by atoms with van der Waals surface area (Å²) < 4.78 is 22.4. The van der Waals surface area contributed by atoms with Crippen LogP contribution in [0.5, 0.6) is 11.6 Å². The molecule has 0 unspecified atom stereocenters. The van der Waals surface area contributed by atoms with Crippen LogP contribution in [0.15, 0.2) is 49.1 Å². The Morgan fingerprint density at radius 2 is 2.07 bits per heavy atom. The minimum Gasteiger partial charge on any atom is -0.507 e. The Morgan fingerprint density at radius 3 is 2.79 bits per heavy atom. The average Bonchev–Trinajstić information content (AvgIpc) is 3.35. The van der Waals surface area contributed by atoms with E-state index in [-0.39, 0.29) is 11.8 Å². The number of alkyl halides is 1. The number of ether oxygens (including phenoxy) is 1. The summed E-state index contributed by atoms with van der Waals surface area (Å²) >= 11 is 0. The minimum atomic E-state index is -1.03. The third-order valence-corrected chi connectivity index (χ3v) is 6.09. The molecule has 4 atom stereocenters. The first-order valence-electron chi connectivity index (χ1n) is 9.78. The van der Waals surface area contributed by atoms with E-state index in [9.17, 15) is 9.50 Å². The van der Waals surface area contributed by atoms with Gasteiger partial charge in [0.15, 0.2) is 6.17 Å². The largest absolute Gasteiger partial charge is 0.507 e. The molecule has 0 amide bonds. The van der Waals surface area contributed by atoms with Gasteiger partial charge in [0.05, 0.1) is 17.7 Å². The average molecular weight is 395 g/mol. The van der Waals surface area contributed by atoms with Crippen LogP contribution in [-0.4, -0.2) is 61.2 Å². The molecule has 150 valence electrons. The maximum absolute atomic E-state index is 14.8. The first-order valence-corrected chi connectivity index (χ1v) is 9.78. The summed E-state index contributed by atoms with van der Waals surface area (Å²) in [6.45, 7) is 0. The lowest BCUT2D eigenvalue weighted by Crippen LogP contribution is -2.52. The van der Waals surface area contributed by atoms with Crippen molar-refractivity contribution in [3.05, 3.63) is 49.1 Å². The molecular formula is C21H22FN5O2. The fourth-order valence-electron chi connectivity index (χ4n) is 4.46. The predicted molar refractivity (Wildman–Crippen MR) is 105 cm³/mol. The summed E-state index contributed by atoms with van der Waals surface area (Å²) in [4.78, 5) is 6.14. The third-order valence-electron chi connectivity index (χ3n) is 6.09. The van der Waals surface area contributed by atoms with Crippen LogP contribution in [0.1, 0.15) is 19.3 Å². The number of nitrogens with zero attached hydrogens (tertiary/aromatic N) is 5. The van der Waals surface area contributed by atoms with Crippen molar-refractivity contribution < 1.29 is 14.2 Å². The van der Waals surface area contributed by atoms with Gasteiger partial charge in [0.25, 0.3) is 0 Å². The number of phenolic OH excluding ortho intramolecular Hbond substituents is 1. The van der Waals surface area contributed by atoms with Crippen molar-refractivity contribution in [1.29, 1.82) is 0 Å². The van der Waals surface area contributed by atoms with Gasteiger partial charge in [0, 0.05) is 48.6 Å². The van der Waals surface area contributed by atoms with Crippen LogP contribution in [0, 0.1) is 0 Å². The van der Waals surface area contributed by atoms with Gasteiger partial charge in [-0.15, -0.1) is 10.2 Å². The highest BCUT2D eigenvalue weighted by Gasteiger charge is 2.47. The Hall–Kier alpha value is -3.00. The first kappa shape index (κ1) is 18.1. The lowest BCUT2D eigenvalue weighted by atomic mass is 9.98. The van der Waals surface area contributed by atoms with E-state index in [1.165, 1.54) is 0 Å². The molecule has 2 saturated heterocycles. The van der Waals surface area contributed by atoms with Crippen molar-refractivity contribution in [2.24, 2.45) is 0 Å². The fourth-order valence-corrected chi connectivity index (χ4v) is 4.46. The van der Waals surface area contributed by atoms with E-state index in [4.69, 9.17) is 4.74 Å². The highest BCUT2D eigenvalue weighted by Crippen LogP contribution is 2.37. The van der Waals surface area contributed by atoms with Crippen LogP contribution in [0.3, 0.4) is 0 Å². The zero-order valence-electron chi connectivity index (χ0n) is 16.0. The van der Waals surface area contributed by atoms with Gasteiger partial charge in [0.2, 0.25) is 5.88 Å². The highest BCUT2D eigenvalue weighted by atomic mass is 19.1. The molecule has 3 aromatic rings. The molecule has 8 heteroatoms. The highest BCUT2D eigenvalue weighted by molar-refractivity contribution is 5.68. The first-order chi connectivity index (χ1) is 14.1. The Labute approximate surface area is 167 Å². The van der Waals surface area contributed by atoms with Gasteiger partial charge in [-0.2, -0.15) is 0 Å². The van der Waals surface area contributed by atoms with Gasteiger partial charge in [-0.05, 0) is 38.1 Å². The molecule has 4 heterocycles. The molecule has 1 N–H and O–H groups in total. The fraction of sp³-hybridized carbons (Fsp3) is 0.381. The van der Waals surface area contributed by atoms with Crippen LogP contribution in [0.25, 0.3) is 16.9 Å². The zero-order valence-corrected chi connectivity index (χ0v) is 16.0. The topological polar surface area (TPSA) is 76.3 Å². The summed E-state index contributed by atoms with van der Waals surface area (Å²) in [7, 11) is 1.99. The number of rotatable bonds is 4. The van der Waals surface area contributed by atoms with E-state index in [0.29, 0.717) is 29.6 Å². The van der Waals surface area contributed by atoms with E-state index < -0.39 is 12.3 Å². The summed E-state index contributed by atoms with van der Waals surface area (Å²) in [5.74, 6) is 0.398. The van der Waals surface area contributed by atoms with Gasteiger partial charge in [0.1, 0.15) is 11.9 Å². The second kappa shape index (κ2) is 7.11. The summed E-state index contributed by atoms with van der Waals surface area (Å²) in [6.07, 6.45) is 6.16. The molecule has 0 aliphatic carbocycles. The van der Waals surface area contributed by atoms with Gasteiger partial charge in [-0.1, -0.05) is 0 Å². The number of phenols is 1. The molecule has 2 aliphatic heterocycles. The normalized spacial score (nSPS) is 26.6. The smallest absolute Gasteiger partial charge is 0.233 e. The summed E-state index contributed by atoms with van der Waals surface area (Å²) in [6, 6.07) is 8.99. The van der Waals surface area contributed by atoms with Crippen LogP contribution in [0.4, 0.5) is 4.39 Å². The van der Waals surface area contributed by atoms with Crippen molar-refractivity contribution in [3.63, 3.8) is 0 Å². The maximum atomic E-state index is 14.8. The molecule has 0 saturated carbocycles. The third kappa shape index (κ3) is 3.23. The standard InChI is InChI=1S/C21H22FN5O2/c1-26-13-3-6-17(26)21(22)19(11-13)29-20-7-5-16(24-25-20)15-4-2-14(10-18(15)28)27-9-8-23-12-27/h2,4-5,7-10,12-13,17,19,21,28H,3,6,11H2,1H3/t13-,17+,19-,21+/m1/s1. The molecule has 2 fully saturated rings. The molecular weight excluding hydrogens is 373 g/mol. The molecule has 2 bridgehead atoms. The molecule has 7 nitrogen and oxygen atoms in total. The molecule has 29 heavy (non-hydrogen) atoms. The Balaban J connectivity index is 1.32. The quantitative estimate of drug-likeness (QED) is 0.732. The van der Waals surface area contributed by atoms with Gasteiger partial charge < -0.3 is 14.4 Å². The number of fused-ring (bicyclic) bond motifs is 2. The van der Waals surface area contributed by atoms with Crippen molar-refractivity contribution >= 4 is 0 Å². The number of hydrogen-bond donors (Lipinski definition) is 1. The number of halogens is 1. The molecule has 1 aromatic carbocycles. The predicted octanol–water partition coefficient (Wildman–Crippen LogP) is 2.99.